The van der Waals surface area contributed by atoms with E-state index in [1.165, 1.54) is 0 Å². The largest absolute Gasteiger partial charge is 1.00 e. The van der Waals surface area contributed by atoms with Crippen LogP contribution in [0.4, 0.5) is 0 Å². The fourth-order valence-electron chi connectivity index (χ4n) is 0.881. The van der Waals surface area contributed by atoms with Crippen LogP contribution >= 0.6 is 7.82 Å². The van der Waals surface area contributed by atoms with Gasteiger partial charge in [-0.2, -0.15) is 7.82 Å². The standard InChI is InChI=1S/C6H12O7.C4H4O5.3Na.H3O4P/c7-1-2(8)3(9)4(10)5(11)6(12)13;5-2(4(8)9)1-3(6)7;;;;1-5(2,3)4/h2-5,7-11H,1H2,(H,12,13);1H2,(H,6,7)(H,8,9);;;;(H3,1,2,3,4)/q;;3*+1;/p-3. The van der Waals surface area contributed by atoms with Gasteiger partial charge < -0.3 is 60.1 Å². The molecule has 20 heteroatoms. The van der Waals surface area contributed by atoms with Crippen molar-refractivity contribution in [1.82, 2.24) is 0 Å². The molecule has 0 amide bonds. The molecule has 0 saturated carbocycles. The van der Waals surface area contributed by atoms with Gasteiger partial charge in [-0.1, -0.05) is 0 Å². The minimum atomic E-state index is -5.39. The van der Waals surface area contributed by atoms with Crippen molar-refractivity contribution < 1.29 is 168 Å². The summed E-state index contributed by atoms with van der Waals surface area (Å²) in [4.78, 5) is 65.0. The van der Waals surface area contributed by atoms with Crippen molar-refractivity contribution in [1.29, 1.82) is 0 Å². The zero-order valence-electron chi connectivity index (χ0n) is 16.0. The molecule has 8 N–H and O–H groups in total. The minimum Gasteiger partial charge on any atom is -0.822 e. The van der Waals surface area contributed by atoms with Crippen molar-refractivity contribution in [2.45, 2.75) is 30.8 Å². The topological polar surface area (TPSA) is 316 Å². The number of hydrogen-bond acceptors (Lipinski definition) is 13. The van der Waals surface area contributed by atoms with Crippen molar-refractivity contribution in [3.05, 3.63) is 0 Å². The number of carbonyl (C=O) groups excluding carboxylic acids is 1. The number of hydrogen-bond donors (Lipinski definition) is 8. The number of carboxylic acid groups (broad SMARTS) is 3. The zero-order chi connectivity index (χ0) is 22.5. The molecule has 0 aliphatic heterocycles. The average molecular weight is 492 g/mol. The molecule has 0 saturated heterocycles. The number of aliphatic hydroxyl groups excluding tert-OH is 5. The van der Waals surface area contributed by atoms with E-state index in [0.717, 1.165) is 0 Å². The maximum Gasteiger partial charge on any atom is 1.00 e. The summed E-state index contributed by atoms with van der Waals surface area (Å²) in [7, 11) is -5.39. The molecule has 0 radical (unpaired) electrons. The summed E-state index contributed by atoms with van der Waals surface area (Å²) in [5, 5.41) is 67.5. The Labute approximate surface area is 234 Å². The molecule has 0 aliphatic carbocycles. The van der Waals surface area contributed by atoms with Crippen LogP contribution in [0, 0.1) is 0 Å². The molecule has 16 nitrogen and oxygen atoms in total. The normalized spacial score (nSPS) is 13.3. The number of carboxylic acids is 3. The molecule has 0 aromatic carbocycles. The van der Waals surface area contributed by atoms with Crippen molar-refractivity contribution in [2.24, 2.45) is 0 Å². The van der Waals surface area contributed by atoms with E-state index >= 15 is 0 Å². The predicted molar refractivity (Wildman–Crippen MR) is 71.3 cm³/mol. The molecule has 4 atom stereocenters. The van der Waals surface area contributed by atoms with Crippen LogP contribution in [0.25, 0.3) is 0 Å². The van der Waals surface area contributed by atoms with Crippen LogP contribution in [0.5, 0.6) is 0 Å². The number of Topliss-reactive ketones (excluding diaryl/α,β-unsaturated/α-hetero) is 1. The van der Waals surface area contributed by atoms with Crippen LogP contribution in [0.15, 0.2) is 0 Å². The van der Waals surface area contributed by atoms with E-state index in [9.17, 15) is 19.2 Å². The monoisotopic (exact) mass is 492 g/mol. The second-order valence-electron chi connectivity index (χ2n) is 4.26. The molecule has 30 heavy (non-hydrogen) atoms. The molecule has 4 unspecified atom stereocenters. The van der Waals surface area contributed by atoms with E-state index in [0.29, 0.717) is 0 Å². The third-order valence-corrected chi connectivity index (χ3v) is 2.06. The second kappa shape index (κ2) is 23.2. The van der Waals surface area contributed by atoms with Crippen LogP contribution in [0.1, 0.15) is 6.42 Å². The van der Waals surface area contributed by atoms with Gasteiger partial charge in [0.25, 0.3) is 5.78 Å². The van der Waals surface area contributed by atoms with E-state index in [-0.39, 0.29) is 88.7 Å². The molecule has 0 heterocycles. The van der Waals surface area contributed by atoms with Gasteiger partial charge >= 0.3 is 107 Å². The van der Waals surface area contributed by atoms with Gasteiger partial charge in [-0.25, -0.2) is 9.59 Å². The van der Waals surface area contributed by atoms with Gasteiger partial charge in [0.2, 0.25) is 0 Å². The predicted octanol–water partition coefficient (Wildman–Crippen LogP) is -16.2. The van der Waals surface area contributed by atoms with Gasteiger partial charge in [0, 0.05) is 0 Å². The summed E-state index contributed by atoms with van der Waals surface area (Å²) < 4.78 is 8.55. The first-order chi connectivity index (χ1) is 11.9. The quantitative estimate of drug-likeness (QED) is 0.0674. The van der Waals surface area contributed by atoms with Crippen molar-refractivity contribution >= 4 is 31.5 Å². The van der Waals surface area contributed by atoms with Crippen molar-refractivity contribution in [2.75, 3.05) is 6.61 Å². The first kappa shape index (κ1) is 44.6. The molecular formula is C10H16Na3O16P. The number of phosphoric acid groups is 1. The maximum absolute atomic E-state index is 10.1. The summed E-state index contributed by atoms with van der Waals surface area (Å²) in [6.45, 7) is -0.843. The van der Waals surface area contributed by atoms with Gasteiger partial charge in [0.1, 0.15) is 24.7 Å². The van der Waals surface area contributed by atoms with Gasteiger partial charge in [-0.15, -0.1) is 0 Å². The fourth-order valence-corrected chi connectivity index (χ4v) is 0.881. The first-order valence-corrected chi connectivity index (χ1v) is 7.68. The molecular weight excluding hydrogens is 476 g/mol. The Morgan fingerprint density at radius 3 is 1.30 bits per heavy atom. The van der Waals surface area contributed by atoms with Crippen LogP contribution in [-0.2, 0) is 23.7 Å². The molecule has 0 aromatic rings. The third-order valence-electron chi connectivity index (χ3n) is 2.06. The summed E-state index contributed by atoms with van der Waals surface area (Å²) in [6.07, 6.45) is -8.79. The van der Waals surface area contributed by atoms with Gasteiger partial charge in [0.05, 0.1) is 6.61 Å². The smallest absolute Gasteiger partial charge is 0.822 e. The van der Waals surface area contributed by atoms with Crippen LogP contribution in [0.2, 0.25) is 0 Å². The maximum atomic E-state index is 10.1. The van der Waals surface area contributed by atoms with Crippen molar-refractivity contribution in [3.8, 4) is 0 Å². The van der Waals surface area contributed by atoms with Gasteiger partial charge in [0.15, 0.2) is 6.10 Å². The van der Waals surface area contributed by atoms with Gasteiger partial charge in [-0.3, -0.25) is 9.59 Å². The zero-order valence-corrected chi connectivity index (χ0v) is 22.9. The number of aliphatic carboxylic acids is 3. The molecule has 0 rings (SSSR count). The molecule has 0 fully saturated rings. The molecule has 0 aliphatic rings. The summed E-state index contributed by atoms with van der Waals surface area (Å²) in [5.41, 5.74) is 0. The molecule has 0 bridgehead atoms. The van der Waals surface area contributed by atoms with E-state index in [2.05, 4.69) is 0 Å². The van der Waals surface area contributed by atoms with E-state index in [1.54, 1.807) is 0 Å². The first-order valence-electron chi connectivity index (χ1n) is 6.22. The van der Waals surface area contributed by atoms with E-state index < -0.39 is 69.0 Å². The Morgan fingerprint density at radius 1 is 0.800 bits per heavy atom. The Morgan fingerprint density at radius 2 is 1.13 bits per heavy atom. The molecule has 0 aromatic heterocycles. The average Bonchev–Trinajstić information content (AvgIpc) is 2.50. The summed E-state index contributed by atoms with van der Waals surface area (Å²) >= 11 is 0. The van der Waals surface area contributed by atoms with Crippen LogP contribution in [-0.4, -0.2) is 95.6 Å². The van der Waals surface area contributed by atoms with Crippen LogP contribution in [0.3, 0.4) is 0 Å². The Hall–Kier alpha value is 0.990. The number of ketones is 1. The minimum absolute atomic E-state index is 0. The second-order valence-corrected chi connectivity index (χ2v) is 5.15. The van der Waals surface area contributed by atoms with E-state index in [1.807, 2.05) is 0 Å². The van der Waals surface area contributed by atoms with Crippen molar-refractivity contribution in [3.63, 3.8) is 0 Å². The Balaban J connectivity index is -0.0000000748. The Bertz CT molecular complexity index is 545. The van der Waals surface area contributed by atoms with E-state index in [4.69, 9.17) is 60.1 Å². The molecule has 0 spiro atoms. The number of carbonyl (C=O) groups is 4. The molecule has 160 valence electrons. The number of rotatable bonds is 8. The number of aliphatic hydroxyl groups is 5. The third kappa shape index (κ3) is 31.2. The Kier molecular flexibility index (Phi) is 34.5. The summed E-state index contributed by atoms with van der Waals surface area (Å²) in [6, 6.07) is 0. The fraction of sp³-hybridized carbons (Fsp3) is 0.600. The van der Waals surface area contributed by atoms with Gasteiger partial charge in [-0.05, 0) is 0 Å². The SMILES string of the molecule is O=C(O)C(O)C(O)C(O)C(O)CO.O=C(O)CC(=O)C(=O)O.O=P([O-])([O-])[O-].[Na+].[Na+].[Na+]. The van der Waals surface area contributed by atoms with Crippen LogP contribution < -0.4 is 103 Å². The summed E-state index contributed by atoms with van der Waals surface area (Å²) in [5.74, 6) is -6.17.